The van der Waals surface area contributed by atoms with E-state index in [4.69, 9.17) is 5.73 Å². The molecule has 0 unspecified atom stereocenters. The van der Waals surface area contributed by atoms with E-state index in [1.165, 1.54) is 0 Å². The summed E-state index contributed by atoms with van der Waals surface area (Å²) < 4.78 is 0. The van der Waals surface area contributed by atoms with E-state index in [9.17, 15) is 0 Å². The Kier molecular flexibility index (Phi) is 1.22. The first-order valence-corrected chi connectivity index (χ1v) is 3.32. The molecule has 2 rings (SSSR count). The molecule has 0 aromatic carbocycles. The topological polar surface area (TPSA) is 51.8 Å². The van der Waals surface area contributed by atoms with E-state index in [0.29, 0.717) is 5.69 Å². The van der Waals surface area contributed by atoms with Gasteiger partial charge in [0, 0.05) is 11.6 Å². The van der Waals surface area contributed by atoms with Crippen LogP contribution in [0.3, 0.4) is 0 Å². The number of nitrogens with zero attached hydrogens (tertiary/aromatic N) is 2. The van der Waals surface area contributed by atoms with Crippen LogP contribution in [0.15, 0.2) is 30.7 Å². The molecule has 0 bridgehead atoms. The molecule has 54 valence electrons. The van der Waals surface area contributed by atoms with Crippen LogP contribution in [0.1, 0.15) is 0 Å². The fourth-order valence-electron chi connectivity index (χ4n) is 1.02. The Morgan fingerprint density at radius 1 is 1.27 bits per heavy atom. The van der Waals surface area contributed by atoms with E-state index in [-0.39, 0.29) is 0 Å². The number of aromatic nitrogens is 2. The molecule has 3 heteroatoms. The lowest BCUT2D eigenvalue weighted by Crippen LogP contribution is -1.88. The van der Waals surface area contributed by atoms with Gasteiger partial charge in [-0.25, -0.2) is 0 Å². The van der Waals surface area contributed by atoms with Crippen molar-refractivity contribution < 1.29 is 0 Å². The lowest BCUT2D eigenvalue weighted by molar-refractivity contribution is 1.31. The Morgan fingerprint density at radius 2 is 2.18 bits per heavy atom. The highest BCUT2D eigenvalue weighted by atomic mass is 14.7. The standard InChI is InChI=1S/C8H7N3/c9-7-4-10-5-8-6(7)2-1-3-11-8/h1-5H,9H2. The van der Waals surface area contributed by atoms with Gasteiger partial charge in [0.2, 0.25) is 0 Å². The van der Waals surface area contributed by atoms with E-state index in [0.717, 1.165) is 10.9 Å². The van der Waals surface area contributed by atoms with Crippen molar-refractivity contribution in [3.8, 4) is 0 Å². The molecule has 0 aliphatic heterocycles. The van der Waals surface area contributed by atoms with Crippen LogP contribution in [0.25, 0.3) is 10.9 Å². The maximum Gasteiger partial charge on any atom is 0.0905 e. The van der Waals surface area contributed by atoms with Crippen LogP contribution >= 0.6 is 0 Å². The van der Waals surface area contributed by atoms with Crippen molar-refractivity contribution in [2.24, 2.45) is 0 Å². The van der Waals surface area contributed by atoms with Crippen molar-refractivity contribution >= 4 is 16.6 Å². The van der Waals surface area contributed by atoms with Gasteiger partial charge in [-0.1, -0.05) is 0 Å². The lowest BCUT2D eigenvalue weighted by Gasteiger charge is -1.97. The molecule has 0 aliphatic carbocycles. The first kappa shape index (κ1) is 6.09. The van der Waals surface area contributed by atoms with Gasteiger partial charge in [0.05, 0.1) is 23.6 Å². The highest BCUT2D eigenvalue weighted by Crippen LogP contribution is 2.15. The summed E-state index contributed by atoms with van der Waals surface area (Å²) in [6.07, 6.45) is 5.05. The van der Waals surface area contributed by atoms with Crippen LogP contribution in [-0.4, -0.2) is 9.97 Å². The van der Waals surface area contributed by atoms with Crippen molar-refractivity contribution in [2.75, 3.05) is 5.73 Å². The lowest BCUT2D eigenvalue weighted by atomic mass is 10.2. The second-order valence-corrected chi connectivity index (χ2v) is 2.30. The highest BCUT2D eigenvalue weighted by Gasteiger charge is 1.95. The molecule has 0 atom stereocenters. The van der Waals surface area contributed by atoms with Crippen LogP contribution in [0.2, 0.25) is 0 Å². The van der Waals surface area contributed by atoms with Crippen molar-refractivity contribution in [3.05, 3.63) is 30.7 Å². The number of fused-ring (bicyclic) bond motifs is 1. The first-order valence-electron chi connectivity index (χ1n) is 3.32. The Morgan fingerprint density at radius 3 is 3.00 bits per heavy atom. The number of hydrogen-bond acceptors (Lipinski definition) is 3. The number of nitrogens with two attached hydrogens (primary N) is 1. The number of pyridine rings is 2. The van der Waals surface area contributed by atoms with Crippen molar-refractivity contribution in [3.63, 3.8) is 0 Å². The predicted octanol–water partition coefficient (Wildman–Crippen LogP) is 1.21. The number of hydrogen-bond donors (Lipinski definition) is 1. The van der Waals surface area contributed by atoms with Gasteiger partial charge in [0.25, 0.3) is 0 Å². The zero-order valence-electron chi connectivity index (χ0n) is 5.86. The van der Waals surface area contributed by atoms with Crippen LogP contribution in [-0.2, 0) is 0 Å². The second kappa shape index (κ2) is 2.20. The Labute approximate surface area is 63.9 Å². The molecule has 0 saturated carbocycles. The molecular weight excluding hydrogens is 138 g/mol. The van der Waals surface area contributed by atoms with E-state index in [1.807, 2.05) is 12.1 Å². The molecule has 2 aromatic heterocycles. The molecule has 0 radical (unpaired) electrons. The molecule has 11 heavy (non-hydrogen) atoms. The molecule has 0 amide bonds. The monoisotopic (exact) mass is 145 g/mol. The van der Waals surface area contributed by atoms with Gasteiger partial charge in [0.15, 0.2) is 0 Å². The largest absolute Gasteiger partial charge is 0.397 e. The fraction of sp³-hybridized carbons (Fsp3) is 0. The minimum absolute atomic E-state index is 0.676. The van der Waals surface area contributed by atoms with Gasteiger partial charge >= 0.3 is 0 Å². The average molecular weight is 145 g/mol. The number of rotatable bonds is 0. The molecule has 3 nitrogen and oxygen atoms in total. The van der Waals surface area contributed by atoms with Gasteiger partial charge < -0.3 is 5.73 Å². The second-order valence-electron chi connectivity index (χ2n) is 2.30. The molecule has 2 heterocycles. The molecule has 0 spiro atoms. The summed E-state index contributed by atoms with van der Waals surface area (Å²) in [5, 5.41) is 0.961. The van der Waals surface area contributed by atoms with Gasteiger partial charge in [0.1, 0.15) is 0 Å². The normalized spacial score (nSPS) is 10.2. The van der Waals surface area contributed by atoms with Gasteiger partial charge in [-0.2, -0.15) is 0 Å². The molecule has 0 aliphatic rings. The molecule has 2 aromatic rings. The minimum Gasteiger partial charge on any atom is -0.397 e. The van der Waals surface area contributed by atoms with Gasteiger partial charge in [-0.3, -0.25) is 9.97 Å². The maximum atomic E-state index is 5.65. The SMILES string of the molecule is Nc1cncc2ncccc12. The maximum absolute atomic E-state index is 5.65. The van der Waals surface area contributed by atoms with Crippen molar-refractivity contribution in [1.29, 1.82) is 0 Å². The summed E-state index contributed by atoms with van der Waals surface area (Å²) >= 11 is 0. The molecule has 0 fully saturated rings. The molecule has 0 saturated heterocycles. The van der Waals surface area contributed by atoms with E-state index >= 15 is 0 Å². The predicted molar refractivity (Wildman–Crippen MR) is 44.0 cm³/mol. The van der Waals surface area contributed by atoms with Crippen molar-refractivity contribution in [2.45, 2.75) is 0 Å². The van der Waals surface area contributed by atoms with Crippen LogP contribution in [0.4, 0.5) is 5.69 Å². The average Bonchev–Trinajstić information content (AvgIpc) is 2.06. The summed E-state index contributed by atoms with van der Waals surface area (Å²) in [5.41, 5.74) is 7.17. The van der Waals surface area contributed by atoms with Gasteiger partial charge in [-0.05, 0) is 12.1 Å². The van der Waals surface area contributed by atoms with E-state index in [1.54, 1.807) is 18.6 Å². The van der Waals surface area contributed by atoms with E-state index < -0.39 is 0 Å². The Bertz CT molecular complexity index is 378. The first-order chi connectivity index (χ1) is 5.38. The quantitative estimate of drug-likeness (QED) is 0.606. The van der Waals surface area contributed by atoms with Crippen molar-refractivity contribution in [1.82, 2.24) is 9.97 Å². The van der Waals surface area contributed by atoms with Crippen LogP contribution in [0.5, 0.6) is 0 Å². The summed E-state index contributed by atoms with van der Waals surface area (Å²) in [6.45, 7) is 0. The zero-order valence-corrected chi connectivity index (χ0v) is 5.86. The van der Waals surface area contributed by atoms with E-state index in [2.05, 4.69) is 9.97 Å². The smallest absolute Gasteiger partial charge is 0.0905 e. The van der Waals surface area contributed by atoms with Crippen LogP contribution < -0.4 is 5.73 Å². The fourth-order valence-corrected chi connectivity index (χ4v) is 1.02. The summed E-state index contributed by atoms with van der Waals surface area (Å²) in [4.78, 5) is 8.02. The van der Waals surface area contributed by atoms with Crippen LogP contribution in [0, 0.1) is 0 Å². The molecular formula is C8H7N3. The Balaban J connectivity index is 2.91. The summed E-state index contributed by atoms with van der Waals surface area (Å²) in [5.74, 6) is 0. The third-order valence-corrected chi connectivity index (χ3v) is 1.56. The zero-order chi connectivity index (χ0) is 7.68. The third kappa shape index (κ3) is 0.902. The molecule has 2 N–H and O–H groups in total. The summed E-state index contributed by atoms with van der Waals surface area (Å²) in [6, 6.07) is 3.79. The number of nitrogen functional groups attached to an aromatic ring is 1. The van der Waals surface area contributed by atoms with Gasteiger partial charge in [-0.15, -0.1) is 0 Å². The minimum atomic E-state index is 0.676. The summed E-state index contributed by atoms with van der Waals surface area (Å²) in [7, 11) is 0. The Hall–Kier alpha value is -1.64. The third-order valence-electron chi connectivity index (χ3n) is 1.56. The highest BCUT2D eigenvalue weighted by molar-refractivity contribution is 5.88. The number of anilines is 1.